The number of rotatable bonds is 4. The predicted octanol–water partition coefficient (Wildman–Crippen LogP) is 3.03. The molecule has 1 fully saturated rings. The summed E-state index contributed by atoms with van der Waals surface area (Å²) in [7, 11) is 0. The molecule has 1 amide bonds. The monoisotopic (exact) mass is 297 g/mol. The Morgan fingerprint density at radius 1 is 1.45 bits per heavy atom. The van der Waals surface area contributed by atoms with E-state index in [-0.39, 0.29) is 18.3 Å². The van der Waals surface area contributed by atoms with E-state index in [9.17, 15) is 4.79 Å². The smallest absolute Gasteiger partial charge is 0.269 e. The minimum absolute atomic E-state index is 0. The molecule has 1 aliphatic rings. The van der Waals surface area contributed by atoms with Gasteiger partial charge in [0.1, 0.15) is 5.69 Å². The van der Waals surface area contributed by atoms with Gasteiger partial charge in [-0.3, -0.25) is 4.79 Å². The van der Waals surface area contributed by atoms with Crippen LogP contribution in [-0.4, -0.2) is 17.4 Å². The number of nitrogens with zero attached hydrogens (tertiary/aromatic N) is 1. The number of anilines is 1. The summed E-state index contributed by atoms with van der Waals surface area (Å²) in [6.07, 6.45) is 7.89. The predicted molar refractivity (Wildman–Crippen MR) is 84.0 cm³/mol. The van der Waals surface area contributed by atoms with Crippen LogP contribution in [0.25, 0.3) is 0 Å². The Bertz CT molecular complexity index is 422. The first kappa shape index (κ1) is 16.8. The number of nitrogens with one attached hydrogen (secondary N) is 1. The lowest BCUT2D eigenvalue weighted by molar-refractivity contribution is 0.0944. The van der Waals surface area contributed by atoms with E-state index in [1.165, 1.54) is 31.9 Å². The molecule has 1 aromatic rings. The molecule has 0 aliphatic heterocycles. The second-order valence-corrected chi connectivity index (χ2v) is 5.66. The minimum atomic E-state index is -0.108. The largest absolute Gasteiger partial charge is 0.397 e. The van der Waals surface area contributed by atoms with Crippen molar-refractivity contribution in [1.82, 2.24) is 10.3 Å². The van der Waals surface area contributed by atoms with Gasteiger partial charge in [-0.2, -0.15) is 0 Å². The van der Waals surface area contributed by atoms with Gasteiger partial charge in [-0.25, -0.2) is 4.98 Å². The standard InChI is InChI=1S/C15H23N3O.ClH/c1-11-3-2-4-12(9-11)7-8-17-15(19)14-6-5-13(16)10-18-14;/h5-6,10-12H,2-4,7-9,16H2,1H3,(H,17,19);1H. The van der Waals surface area contributed by atoms with Crippen molar-refractivity contribution in [2.75, 3.05) is 12.3 Å². The topological polar surface area (TPSA) is 68.0 Å². The maximum atomic E-state index is 11.8. The van der Waals surface area contributed by atoms with Crippen LogP contribution >= 0.6 is 12.4 Å². The van der Waals surface area contributed by atoms with Crippen LogP contribution in [0.1, 0.15) is 49.5 Å². The van der Waals surface area contributed by atoms with Crippen molar-refractivity contribution in [3.05, 3.63) is 24.0 Å². The molecule has 0 spiro atoms. The second kappa shape index (κ2) is 8.10. The number of aromatic nitrogens is 1. The third kappa shape index (κ3) is 5.00. The maximum absolute atomic E-state index is 11.8. The Kier molecular flexibility index (Phi) is 6.79. The molecule has 1 aliphatic carbocycles. The molecule has 4 nitrogen and oxygen atoms in total. The zero-order valence-electron chi connectivity index (χ0n) is 12.0. The first-order valence-electron chi connectivity index (χ1n) is 7.15. The molecule has 0 radical (unpaired) electrons. The molecule has 2 atom stereocenters. The van der Waals surface area contributed by atoms with Crippen LogP contribution in [0.5, 0.6) is 0 Å². The van der Waals surface area contributed by atoms with E-state index in [0.29, 0.717) is 11.4 Å². The lowest BCUT2D eigenvalue weighted by Crippen LogP contribution is -2.27. The fourth-order valence-electron chi connectivity index (χ4n) is 2.84. The van der Waals surface area contributed by atoms with Gasteiger partial charge in [0, 0.05) is 6.54 Å². The molecule has 1 heterocycles. The number of hydrogen-bond donors (Lipinski definition) is 2. The fourth-order valence-corrected chi connectivity index (χ4v) is 2.84. The number of nitrogen functional groups attached to an aromatic ring is 1. The number of nitrogens with two attached hydrogens (primary N) is 1. The number of halogens is 1. The van der Waals surface area contributed by atoms with E-state index in [1.54, 1.807) is 12.1 Å². The van der Waals surface area contributed by atoms with Gasteiger partial charge in [-0.15, -0.1) is 12.4 Å². The molecule has 1 aromatic heterocycles. The van der Waals surface area contributed by atoms with Crippen molar-refractivity contribution >= 4 is 24.0 Å². The SMILES string of the molecule is CC1CCCC(CCNC(=O)c2ccc(N)cn2)C1.Cl. The molecule has 112 valence electrons. The molecular weight excluding hydrogens is 274 g/mol. The third-order valence-corrected chi connectivity index (χ3v) is 3.90. The van der Waals surface area contributed by atoms with Gasteiger partial charge < -0.3 is 11.1 Å². The molecule has 1 saturated carbocycles. The Morgan fingerprint density at radius 2 is 2.25 bits per heavy atom. The van der Waals surface area contributed by atoms with Crippen LogP contribution in [0, 0.1) is 11.8 Å². The molecular formula is C15H24ClN3O. The van der Waals surface area contributed by atoms with Crippen molar-refractivity contribution < 1.29 is 4.79 Å². The lowest BCUT2D eigenvalue weighted by Gasteiger charge is -2.26. The van der Waals surface area contributed by atoms with Crippen LogP contribution < -0.4 is 11.1 Å². The summed E-state index contributed by atoms with van der Waals surface area (Å²) in [4.78, 5) is 15.9. The van der Waals surface area contributed by atoms with Gasteiger partial charge in [-0.05, 0) is 36.8 Å². The highest BCUT2D eigenvalue weighted by atomic mass is 35.5. The molecule has 3 N–H and O–H groups in total. The summed E-state index contributed by atoms with van der Waals surface area (Å²) in [6, 6.07) is 3.36. The molecule has 2 unspecified atom stereocenters. The Hall–Kier alpha value is -1.29. The molecule has 2 rings (SSSR count). The second-order valence-electron chi connectivity index (χ2n) is 5.66. The highest BCUT2D eigenvalue weighted by Gasteiger charge is 2.18. The first-order valence-corrected chi connectivity index (χ1v) is 7.15. The van der Waals surface area contributed by atoms with Gasteiger partial charge in [0.05, 0.1) is 11.9 Å². The third-order valence-electron chi connectivity index (χ3n) is 3.90. The fraction of sp³-hybridized carbons (Fsp3) is 0.600. The Balaban J connectivity index is 0.00000200. The highest BCUT2D eigenvalue weighted by Crippen LogP contribution is 2.30. The van der Waals surface area contributed by atoms with Crippen molar-refractivity contribution in [3.8, 4) is 0 Å². The van der Waals surface area contributed by atoms with Gasteiger partial charge in [-0.1, -0.05) is 26.2 Å². The lowest BCUT2D eigenvalue weighted by atomic mass is 9.81. The normalized spacial score (nSPS) is 21.9. The average Bonchev–Trinajstić information content (AvgIpc) is 2.39. The van der Waals surface area contributed by atoms with E-state index in [2.05, 4.69) is 17.2 Å². The number of pyridine rings is 1. The highest BCUT2D eigenvalue weighted by molar-refractivity contribution is 5.92. The van der Waals surface area contributed by atoms with E-state index in [1.807, 2.05) is 0 Å². The zero-order chi connectivity index (χ0) is 13.7. The van der Waals surface area contributed by atoms with E-state index in [0.717, 1.165) is 24.8 Å². The summed E-state index contributed by atoms with van der Waals surface area (Å²) in [5.74, 6) is 1.50. The number of hydrogen-bond acceptors (Lipinski definition) is 3. The molecule has 0 saturated heterocycles. The van der Waals surface area contributed by atoms with Gasteiger partial charge in [0.25, 0.3) is 5.91 Å². The summed E-state index contributed by atoms with van der Waals surface area (Å²) < 4.78 is 0. The van der Waals surface area contributed by atoms with E-state index < -0.39 is 0 Å². The molecule has 5 heteroatoms. The summed E-state index contributed by atoms with van der Waals surface area (Å²) >= 11 is 0. The summed E-state index contributed by atoms with van der Waals surface area (Å²) in [5.41, 5.74) is 6.56. The zero-order valence-corrected chi connectivity index (χ0v) is 12.8. The number of carbonyl (C=O) groups is 1. The Labute approximate surface area is 126 Å². The number of amides is 1. The van der Waals surface area contributed by atoms with Crippen molar-refractivity contribution in [1.29, 1.82) is 0 Å². The summed E-state index contributed by atoms with van der Waals surface area (Å²) in [6.45, 7) is 3.06. The van der Waals surface area contributed by atoms with E-state index in [4.69, 9.17) is 5.73 Å². The summed E-state index contributed by atoms with van der Waals surface area (Å²) in [5, 5.41) is 2.94. The Morgan fingerprint density at radius 3 is 2.90 bits per heavy atom. The van der Waals surface area contributed by atoms with Crippen LogP contribution in [-0.2, 0) is 0 Å². The first-order chi connectivity index (χ1) is 9.15. The van der Waals surface area contributed by atoms with Crippen LogP contribution in [0.3, 0.4) is 0 Å². The van der Waals surface area contributed by atoms with Crippen molar-refractivity contribution in [2.24, 2.45) is 11.8 Å². The van der Waals surface area contributed by atoms with Crippen LogP contribution in [0.15, 0.2) is 18.3 Å². The van der Waals surface area contributed by atoms with Crippen LogP contribution in [0.4, 0.5) is 5.69 Å². The molecule has 0 aromatic carbocycles. The average molecular weight is 298 g/mol. The van der Waals surface area contributed by atoms with Crippen LogP contribution in [0.2, 0.25) is 0 Å². The quantitative estimate of drug-likeness (QED) is 0.897. The van der Waals surface area contributed by atoms with Crippen molar-refractivity contribution in [2.45, 2.75) is 39.0 Å². The maximum Gasteiger partial charge on any atom is 0.269 e. The molecule has 0 bridgehead atoms. The number of carbonyl (C=O) groups excluding carboxylic acids is 1. The molecule has 20 heavy (non-hydrogen) atoms. The van der Waals surface area contributed by atoms with Crippen molar-refractivity contribution in [3.63, 3.8) is 0 Å². The van der Waals surface area contributed by atoms with Gasteiger partial charge >= 0.3 is 0 Å². The minimum Gasteiger partial charge on any atom is -0.397 e. The van der Waals surface area contributed by atoms with Gasteiger partial charge in [0.2, 0.25) is 0 Å². The van der Waals surface area contributed by atoms with Gasteiger partial charge in [0.15, 0.2) is 0 Å². The van der Waals surface area contributed by atoms with E-state index >= 15 is 0 Å².